The molecule has 2 aliphatic heterocycles. The van der Waals surface area contributed by atoms with Crippen LogP contribution < -0.4 is 26.2 Å². The third kappa shape index (κ3) is 8.78. The Labute approximate surface area is 508 Å². The van der Waals surface area contributed by atoms with E-state index >= 15 is 13.2 Å². The average Bonchev–Trinajstić information content (AvgIpc) is 0.800. The van der Waals surface area contributed by atoms with E-state index in [0.717, 1.165) is 118 Å². The summed E-state index contributed by atoms with van der Waals surface area (Å²) in [7, 11) is 0. The van der Waals surface area contributed by atoms with E-state index in [1.165, 1.54) is 28.5 Å². The molecule has 0 saturated carbocycles. The van der Waals surface area contributed by atoms with Gasteiger partial charge in [0.15, 0.2) is 0 Å². The Hall–Kier alpha value is -11.4. The van der Waals surface area contributed by atoms with Crippen LogP contribution in [0.4, 0.5) is 47.3 Å². The number of alkyl halides is 3. The molecule has 0 fully saturated rings. The molecule has 88 heavy (non-hydrogen) atoms. The number of para-hydroxylation sites is 2. The molecular weight excluding hydrogens is 1080 g/mol. The number of hydrogen-bond donors (Lipinski definition) is 0. The highest BCUT2D eigenvalue weighted by molar-refractivity contribution is 7.00. The van der Waals surface area contributed by atoms with Crippen molar-refractivity contribution in [1.29, 1.82) is 5.26 Å². The van der Waals surface area contributed by atoms with Gasteiger partial charge in [-0.3, -0.25) is 0 Å². The van der Waals surface area contributed by atoms with Gasteiger partial charge < -0.3 is 14.4 Å². The van der Waals surface area contributed by atoms with Crippen LogP contribution in [0.25, 0.3) is 94.3 Å². The first-order valence-corrected chi connectivity index (χ1v) is 29.5. The van der Waals surface area contributed by atoms with Gasteiger partial charge in [-0.2, -0.15) is 18.4 Å². The van der Waals surface area contributed by atoms with Crippen molar-refractivity contribution in [2.75, 3.05) is 9.80 Å². The van der Waals surface area contributed by atoms with Crippen molar-refractivity contribution < 1.29 is 13.2 Å². The zero-order chi connectivity index (χ0) is 59.0. The Morgan fingerprint density at radius 1 is 0.318 bits per heavy atom. The molecule has 0 atom stereocenters. The van der Waals surface area contributed by atoms with Gasteiger partial charge in [0.2, 0.25) is 0 Å². The second-order valence-electron chi connectivity index (χ2n) is 22.6. The molecule has 16 rings (SSSR count). The number of fused-ring (bicyclic) bond motifs is 7. The van der Waals surface area contributed by atoms with Gasteiger partial charge in [-0.1, -0.05) is 218 Å². The van der Waals surface area contributed by atoms with Crippen molar-refractivity contribution >= 4 is 79.0 Å². The highest BCUT2D eigenvalue weighted by Crippen LogP contribution is 2.49. The van der Waals surface area contributed by atoms with Crippen LogP contribution in [0.15, 0.2) is 303 Å². The van der Waals surface area contributed by atoms with Crippen LogP contribution in [0, 0.1) is 11.3 Å². The van der Waals surface area contributed by atoms with E-state index in [1.807, 2.05) is 48.5 Å². The lowest BCUT2D eigenvalue weighted by Crippen LogP contribution is -2.61. The molecule has 0 radical (unpaired) electrons. The van der Waals surface area contributed by atoms with Crippen molar-refractivity contribution in [3.8, 4) is 78.5 Å². The Morgan fingerprint density at radius 2 is 0.750 bits per heavy atom. The number of benzene rings is 13. The molecule has 13 aromatic carbocycles. The third-order valence-corrected chi connectivity index (χ3v) is 17.6. The van der Waals surface area contributed by atoms with Crippen LogP contribution >= 0.6 is 0 Å². The van der Waals surface area contributed by atoms with Gasteiger partial charge in [-0.15, -0.1) is 0 Å². The van der Waals surface area contributed by atoms with Gasteiger partial charge in [-0.05, 0) is 163 Å². The van der Waals surface area contributed by atoms with E-state index in [9.17, 15) is 5.26 Å². The topological polar surface area (TPSA) is 35.2 Å². The second-order valence-corrected chi connectivity index (χ2v) is 22.6. The molecule has 0 saturated heterocycles. The zero-order valence-electron chi connectivity index (χ0n) is 47.4. The van der Waals surface area contributed by atoms with Gasteiger partial charge in [0.05, 0.1) is 33.9 Å². The number of halogens is 3. The molecule has 4 nitrogen and oxygen atoms in total. The summed E-state index contributed by atoms with van der Waals surface area (Å²) in [6, 6.07) is 106. The maximum absolute atomic E-state index is 15.0. The molecule has 0 spiro atoms. The number of rotatable bonds is 9. The molecule has 1 aromatic heterocycles. The lowest BCUT2D eigenvalue weighted by molar-refractivity contribution is -0.137. The predicted molar refractivity (Wildman–Crippen MR) is 357 cm³/mol. The molecule has 0 N–H and O–H groups in total. The van der Waals surface area contributed by atoms with Gasteiger partial charge in [-0.25, -0.2) is 0 Å². The number of nitriles is 1. The molecule has 414 valence electrons. The van der Waals surface area contributed by atoms with Crippen LogP contribution in [0.3, 0.4) is 0 Å². The highest BCUT2D eigenvalue weighted by Gasteiger charge is 2.44. The van der Waals surface area contributed by atoms with Gasteiger partial charge in [0.1, 0.15) is 0 Å². The normalized spacial score (nSPS) is 12.4. The van der Waals surface area contributed by atoms with Crippen LogP contribution in [0.2, 0.25) is 0 Å². The fourth-order valence-electron chi connectivity index (χ4n) is 13.6. The molecule has 0 amide bonds. The first-order valence-electron chi connectivity index (χ1n) is 29.5. The first-order chi connectivity index (χ1) is 43.2. The second kappa shape index (κ2) is 21.0. The average molecular weight is 1140 g/mol. The molecule has 8 heteroatoms. The van der Waals surface area contributed by atoms with Gasteiger partial charge in [0.25, 0.3) is 6.71 Å². The smallest absolute Gasteiger partial charge is 0.311 e. The van der Waals surface area contributed by atoms with Crippen LogP contribution in [-0.4, -0.2) is 11.3 Å². The molecule has 2 aliphatic rings. The van der Waals surface area contributed by atoms with Crippen LogP contribution in [-0.2, 0) is 6.18 Å². The summed E-state index contributed by atoms with van der Waals surface area (Å²) >= 11 is 0. The van der Waals surface area contributed by atoms with Gasteiger partial charge >= 0.3 is 6.18 Å². The summed E-state index contributed by atoms with van der Waals surface area (Å²) in [6.45, 7) is -0.203. The fourth-order valence-corrected chi connectivity index (χ4v) is 13.6. The minimum Gasteiger partial charge on any atom is -0.311 e. The van der Waals surface area contributed by atoms with E-state index in [4.69, 9.17) is 0 Å². The van der Waals surface area contributed by atoms with E-state index in [2.05, 4.69) is 245 Å². The van der Waals surface area contributed by atoms with Crippen LogP contribution in [0.1, 0.15) is 11.1 Å². The summed E-state index contributed by atoms with van der Waals surface area (Å²) < 4.78 is 47.1. The largest absolute Gasteiger partial charge is 0.417 e. The molecule has 3 heterocycles. The van der Waals surface area contributed by atoms with Crippen LogP contribution in [0.5, 0.6) is 0 Å². The third-order valence-electron chi connectivity index (χ3n) is 17.6. The standard InChI is InChI=1S/C80H50BF3N4/c82-80(83,84)69-45-52(51-85)29-41-65(69)66-25-13-15-27-72(66)88-73-28-16-14-26-67(73)68-46-59(34-42-74(68)88)62-49-77-79-78(50-62)87(64-39-32-58(33-40-64)54-19-7-2-8-20-54)76-44-36-61(56-23-11-4-12-24-56)48-71(76)81(79)70-47-60(55-21-9-3-10-22-55)35-43-75(70)86(77)63-37-30-57(31-38-63)53-17-5-1-6-18-53/h1-50H. The van der Waals surface area contributed by atoms with Crippen molar-refractivity contribution in [2.45, 2.75) is 6.18 Å². The number of anilines is 6. The number of hydrogen-bond acceptors (Lipinski definition) is 3. The summed E-state index contributed by atoms with van der Waals surface area (Å²) in [5.74, 6) is 0. The minimum atomic E-state index is -4.71. The maximum atomic E-state index is 15.0. The van der Waals surface area contributed by atoms with E-state index < -0.39 is 11.7 Å². The Kier molecular flexibility index (Phi) is 12.4. The summed E-state index contributed by atoms with van der Waals surface area (Å²) in [4.78, 5) is 4.92. The SMILES string of the molecule is N#Cc1ccc(-c2ccccc2-n2c3ccccc3c3cc(-c4cc5c6c(c4)N(c4ccc(-c7ccccc7)cc4)c4ccc(-c7ccccc7)cc4B6c4cc(-c6ccccc6)ccc4N5c4ccc(-c5ccccc5)cc4)ccc32)c(C(F)(F)F)c1. The summed E-state index contributed by atoms with van der Waals surface area (Å²) in [6.07, 6.45) is -4.71. The van der Waals surface area contributed by atoms with Gasteiger partial charge in [0, 0.05) is 50.5 Å². The summed E-state index contributed by atoms with van der Waals surface area (Å²) in [5.41, 5.74) is 22.6. The number of nitrogens with zero attached hydrogens (tertiary/aromatic N) is 4. The Morgan fingerprint density at radius 3 is 1.27 bits per heavy atom. The molecule has 0 bridgehead atoms. The predicted octanol–water partition coefficient (Wildman–Crippen LogP) is 19.8. The zero-order valence-corrected chi connectivity index (χ0v) is 47.4. The molecule has 0 unspecified atom stereocenters. The monoisotopic (exact) mass is 1130 g/mol. The molecule has 14 aromatic rings. The van der Waals surface area contributed by atoms with Crippen molar-refractivity contribution in [2.24, 2.45) is 0 Å². The summed E-state index contributed by atoms with van der Waals surface area (Å²) in [5, 5.41) is 11.6. The maximum Gasteiger partial charge on any atom is 0.417 e. The van der Waals surface area contributed by atoms with E-state index in [-0.39, 0.29) is 17.8 Å². The Balaban J connectivity index is 0.960. The minimum absolute atomic E-state index is 0.000213. The van der Waals surface area contributed by atoms with Crippen molar-refractivity contribution in [1.82, 2.24) is 4.57 Å². The van der Waals surface area contributed by atoms with E-state index in [1.54, 1.807) is 12.1 Å². The van der Waals surface area contributed by atoms with Crippen molar-refractivity contribution in [3.05, 3.63) is 314 Å². The Bertz CT molecular complexity index is 4880. The highest BCUT2D eigenvalue weighted by atomic mass is 19.4. The fraction of sp³-hybridized carbons (Fsp3) is 0.0125. The molecular formula is C80H50BF3N4. The van der Waals surface area contributed by atoms with E-state index in [0.29, 0.717) is 11.3 Å². The quantitative estimate of drug-likeness (QED) is 0.135. The molecule has 0 aliphatic carbocycles. The number of aromatic nitrogens is 1. The lowest BCUT2D eigenvalue weighted by atomic mass is 9.33. The first kappa shape index (κ1) is 52.2. The van der Waals surface area contributed by atoms with Crippen molar-refractivity contribution in [3.63, 3.8) is 0 Å². The lowest BCUT2D eigenvalue weighted by Gasteiger charge is -2.44.